The molecule has 1 heterocycles. The van der Waals surface area contributed by atoms with E-state index in [4.69, 9.17) is 4.74 Å². The average Bonchev–Trinajstić information content (AvgIpc) is 2.81. The maximum Gasteiger partial charge on any atom is 0.140 e. The lowest BCUT2D eigenvalue weighted by molar-refractivity contribution is 0.284. The Balaban J connectivity index is 2.11. The van der Waals surface area contributed by atoms with E-state index < -0.39 is 0 Å². The van der Waals surface area contributed by atoms with Crippen LogP contribution in [0.15, 0.2) is 18.2 Å². The van der Waals surface area contributed by atoms with Crippen LogP contribution in [-0.2, 0) is 19.6 Å². The number of aromatic nitrogens is 1. The van der Waals surface area contributed by atoms with Gasteiger partial charge in [0.2, 0.25) is 0 Å². The van der Waals surface area contributed by atoms with E-state index in [0.717, 1.165) is 45.3 Å². The van der Waals surface area contributed by atoms with Crippen LogP contribution in [0.1, 0.15) is 40.1 Å². The predicted octanol–water partition coefficient (Wildman–Crippen LogP) is 3.78. The highest BCUT2D eigenvalue weighted by Crippen LogP contribution is 2.25. The molecule has 0 saturated carbocycles. The summed E-state index contributed by atoms with van der Waals surface area (Å²) in [5.74, 6) is 0.935. The third kappa shape index (κ3) is 3.38. The molecule has 108 valence electrons. The molecule has 20 heavy (non-hydrogen) atoms. The molecule has 0 aliphatic rings. The molecule has 0 spiro atoms. The van der Waals surface area contributed by atoms with Gasteiger partial charge in [-0.05, 0) is 31.4 Å². The second-order valence-corrected chi connectivity index (χ2v) is 6.06. The molecule has 0 bridgehead atoms. The van der Waals surface area contributed by atoms with E-state index in [9.17, 15) is 5.11 Å². The summed E-state index contributed by atoms with van der Waals surface area (Å²) in [6.07, 6.45) is 1.95. The minimum atomic E-state index is 0.0659. The van der Waals surface area contributed by atoms with Gasteiger partial charge in [-0.3, -0.25) is 0 Å². The molecule has 2 rings (SSSR count). The molecule has 1 aromatic carbocycles. The van der Waals surface area contributed by atoms with E-state index in [1.807, 2.05) is 32.0 Å². The minimum absolute atomic E-state index is 0.0659. The van der Waals surface area contributed by atoms with E-state index in [1.165, 1.54) is 0 Å². The van der Waals surface area contributed by atoms with E-state index >= 15 is 0 Å². The maximum absolute atomic E-state index is 9.36. The van der Waals surface area contributed by atoms with Crippen molar-refractivity contribution in [2.75, 3.05) is 0 Å². The summed E-state index contributed by atoms with van der Waals surface area (Å²) >= 11 is 1.54. The van der Waals surface area contributed by atoms with Crippen molar-refractivity contribution in [1.82, 2.24) is 4.98 Å². The Kier molecular flexibility index (Phi) is 5.15. The van der Waals surface area contributed by atoms with Crippen LogP contribution in [0.4, 0.5) is 0 Å². The van der Waals surface area contributed by atoms with Crippen molar-refractivity contribution < 1.29 is 9.84 Å². The average molecular weight is 291 g/mol. The number of benzene rings is 1. The van der Waals surface area contributed by atoms with Crippen molar-refractivity contribution in [3.63, 3.8) is 0 Å². The molecule has 0 fully saturated rings. The fraction of sp³-hybridized carbons (Fsp3) is 0.438. The van der Waals surface area contributed by atoms with Crippen LogP contribution >= 0.6 is 11.3 Å². The highest BCUT2D eigenvalue weighted by Gasteiger charge is 2.11. The Morgan fingerprint density at radius 3 is 2.55 bits per heavy atom. The van der Waals surface area contributed by atoms with Gasteiger partial charge < -0.3 is 9.84 Å². The zero-order valence-corrected chi connectivity index (χ0v) is 13.1. The van der Waals surface area contributed by atoms with Gasteiger partial charge in [-0.1, -0.05) is 31.5 Å². The smallest absolute Gasteiger partial charge is 0.140 e. The third-order valence-corrected chi connectivity index (χ3v) is 4.26. The molecule has 1 aromatic heterocycles. The van der Waals surface area contributed by atoms with Crippen molar-refractivity contribution in [3.8, 4) is 5.75 Å². The standard InChI is InChI=1S/C16H21NO2S/c1-4-6-13-14(9-18)20-15(17-13)10-19-16-11(2)7-5-8-12(16)3/h5,7-8,18H,4,6,9-10H2,1-3H3. The first-order valence-electron chi connectivity index (χ1n) is 6.93. The zero-order chi connectivity index (χ0) is 14.5. The number of nitrogens with zero attached hydrogens (tertiary/aromatic N) is 1. The maximum atomic E-state index is 9.36. The number of ether oxygens (including phenoxy) is 1. The van der Waals surface area contributed by atoms with Crippen LogP contribution in [0.3, 0.4) is 0 Å². The summed E-state index contributed by atoms with van der Waals surface area (Å²) in [5, 5.41) is 10.3. The number of para-hydroxylation sites is 1. The number of aliphatic hydroxyl groups is 1. The van der Waals surface area contributed by atoms with Gasteiger partial charge >= 0.3 is 0 Å². The minimum Gasteiger partial charge on any atom is -0.486 e. The topological polar surface area (TPSA) is 42.4 Å². The molecule has 1 N–H and O–H groups in total. The van der Waals surface area contributed by atoms with Crippen molar-refractivity contribution in [2.24, 2.45) is 0 Å². The Hall–Kier alpha value is -1.39. The quantitative estimate of drug-likeness (QED) is 0.880. The van der Waals surface area contributed by atoms with E-state index in [1.54, 1.807) is 11.3 Å². The van der Waals surface area contributed by atoms with Gasteiger partial charge in [-0.15, -0.1) is 11.3 Å². The summed E-state index contributed by atoms with van der Waals surface area (Å²) in [7, 11) is 0. The van der Waals surface area contributed by atoms with Crippen LogP contribution in [0, 0.1) is 13.8 Å². The first-order chi connectivity index (χ1) is 9.65. The molecule has 0 unspecified atom stereocenters. The van der Waals surface area contributed by atoms with Gasteiger partial charge in [-0.25, -0.2) is 4.98 Å². The molecule has 0 aliphatic carbocycles. The highest BCUT2D eigenvalue weighted by atomic mass is 32.1. The highest BCUT2D eigenvalue weighted by molar-refractivity contribution is 7.11. The van der Waals surface area contributed by atoms with Crippen LogP contribution in [0.2, 0.25) is 0 Å². The fourth-order valence-corrected chi connectivity index (χ4v) is 3.10. The SMILES string of the molecule is CCCc1nc(COc2c(C)cccc2C)sc1CO. The first kappa shape index (κ1) is 15.0. The first-order valence-corrected chi connectivity index (χ1v) is 7.74. The summed E-state index contributed by atoms with van der Waals surface area (Å²) in [6, 6.07) is 6.13. The van der Waals surface area contributed by atoms with E-state index in [2.05, 4.69) is 11.9 Å². The number of hydrogen-bond donors (Lipinski definition) is 1. The van der Waals surface area contributed by atoms with Gasteiger partial charge in [0, 0.05) is 0 Å². The van der Waals surface area contributed by atoms with Gasteiger partial charge in [0.15, 0.2) is 0 Å². The predicted molar refractivity (Wildman–Crippen MR) is 82.3 cm³/mol. The monoisotopic (exact) mass is 291 g/mol. The lowest BCUT2D eigenvalue weighted by Gasteiger charge is -2.10. The molecule has 2 aromatic rings. The van der Waals surface area contributed by atoms with E-state index in [-0.39, 0.29) is 6.61 Å². The van der Waals surface area contributed by atoms with Crippen LogP contribution in [0.25, 0.3) is 0 Å². The molecular weight excluding hydrogens is 270 g/mol. The Labute approximate surface area is 124 Å². The lowest BCUT2D eigenvalue weighted by Crippen LogP contribution is -1.99. The number of hydrogen-bond acceptors (Lipinski definition) is 4. The molecule has 0 atom stereocenters. The Morgan fingerprint density at radius 2 is 1.95 bits per heavy atom. The molecular formula is C16H21NO2S. The second kappa shape index (κ2) is 6.86. The van der Waals surface area contributed by atoms with Gasteiger partial charge in [0.1, 0.15) is 17.4 Å². The molecule has 0 aliphatic heterocycles. The third-order valence-electron chi connectivity index (χ3n) is 3.20. The summed E-state index contributed by atoms with van der Waals surface area (Å²) in [4.78, 5) is 5.54. The summed E-state index contributed by atoms with van der Waals surface area (Å²) in [5.41, 5.74) is 3.29. The summed E-state index contributed by atoms with van der Waals surface area (Å²) in [6.45, 7) is 6.74. The second-order valence-electron chi connectivity index (χ2n) is 4.90. The van der Waals surface area contributed by atoms with Crippen LogP contribution < -0.4 is 4.74 Å². The van der Waals surface area contributed by atoms with Crippen LogP contribution in [0.5, 0.6) is 5.75 Å². The molecule has 0 amide bonds. The van der Waals surface area contributed by atoms with Gasteiger partial charge in [0.25, 0.3) is 0 Å². The number of rotatable bonds is 6. The molecule has 4 heteroatoms. The Morgan fingerprint density at radius 1 is 1.25 bits per heavy atom. The van der Waals surface area contributed by atoms with Crippen molar-refractivity contribution >= 4 is 11.3 Å². The molecule has 0 radical (unpaired) electrons. The van der Waals surface area contributed by atoms with Gasteiger partial charge in [-0.2, -0.15) is 0 Å². The largest absolute Gasteiger partial charge is 0.486 e. The van der Waals surface area contributed by atoms with E-state index in [0.29, 0.717) is 6.61 Å². The van der Waals surface area contributed by atoms with Gasteiger partial charge in [0.05, 0.1) is 17.2 Å². The van der Waals surface area contributed by atoms with Crippen molar-refractivity contribution in [1.29, 1.82) is 0 Å². The van der Waals surface area contributed by atoms with Crippen molar-refractivity contribution in [2.45, 2.75) is 46.8 Å². The zero-order valence-electron chi connectivity index (χ0n) is 12.3. The fourth-order valence-electron chi connectivity index (χ4n) is 2.21. The normalized spacial score (nSPS) is 10.8. The molecule has 0 saturated heterocycles. The van der Waals surface area contributed by atoms with Crippen LogP contribution in [-0.4, -0.2) is 10.1 Å². The summed E-state index contributed by atoms with van der Waals surface area (Å²) < 4.78 is 5.91. The number of aryl methyl sites for hydroxylation is 3. The molecule has 3 nitrogen and oxygen atoms in total. The van der Waals surface area contributed by atoms with Crippen molar-refractivity contribution in [3.05, 3.63) is 44.9 Å². The number of aliphatic hydroxyl groups excluding tert-OH is 1. The number of thiazole rings is 1. The lowest BCUT2D eigenvalue weighted by atomic mass is 10.1. The Bertz CT molecular complexity index is 558.